The second-order valence-corrected chi connectivity index (χ2v) is 5.72. The summed E-state index contributed by atoms with van der Waals surface area (Å²) >= 11 is 0. The molecule has 3 nitrogen and oxygen atoms in total. The summed E-state index contributed by atoms with van der Waals surface area (Å²) in [6.07, 6.45) is 0.835. The highest BCUT2D eigenvalue weighted by Crippen LogP contribution is 2.29. The van der Waals surface area contributed by atoms with Crippen LogP contribution in [0.4, 0.5) is 4.39 Å². The molecule has 1 heterocycles. The van der Waals surface area contributed by atoms with E-state index in [1.165, 1.54) is 12.1 Å². The van der Waals surface area contributed by atoms with Gasteiger partial charge in [-0.3, -0.25) is 4.79 Å². The van der Waals surface area contributed by atoms with E-state index >= 15 is 0 Å². The monoisotopic (exact) mass is 265 g/mol. The molecule has 0 aromatic heterocycles. The van der Waals surface area contributed by atoms with E-state index in [-0.39, 0.29) is 24.2 Å². The Morgan fingerprint density at radius 3 is 2.84 bits per heavy atom. The van der Waals surface area contributed by atoms with Gasteiger partial charge in [-0.05, 0) is 38.0 Å². The summed E-state index contributed by atoms with van der Waals surface area (Å²) in [6.45, 7) is 5.01. The molecule has 0 bridgehead atoms. The van der Waals surface area contributed by atoms with Gasteiger partial charge in [0.15, 0.2) is 0 Å². The van der Waals surface area contributed by atoms with Crippen molar-refractivity contribution in [2.24, 2.45) is 5.92 Å². The Labute approximate surface area is 113 Å². The van der Waals surface area contributed by atoms with Crippen LogP contribution in [0.15, 0.2) is 24.3 Å². The van der Waals surface area contributed by atoms with Gasteiger partial charge in [0.25, 0.3) is 0 Å². The van der Waals surface area contributed by atoms with E-state index < -0.39 is 5.41 Å². The molecule has 19 heavy (non-hydrogen) atoms. The van der Waals surface area contributed by atoms with Crippen LogP contribution in [0.5, 0.6) is 0 Å². The predicted molar refractivity (Wildman–Crippen MR) is 71.2 cm³/mol. The van der Waals surface area contributed by atoms with Gasteiger partial charge in [-0.15, -0.1) is 0 Å². The lowest BCUT2D eigenvalue weighted by Crippen LogP contribution is -2.42. The van der Waals surface area contributed by atoms with Crippen molar-refractivity contribution in [1.82, 2.24) is 4.90 Å². The maximum absolute atomic E-state index is 13.3. The van der Waals surface area contributed by atoms with Crippen LogP contribution in [-0.2, 0) is 10.2 Å². The first-order valence-corrected chi connectivity index (χ1v) is 6.61. The van der Waals surface area contributed by atoms with Crippen LogP contribution in [0.1, 0.15) is 25.8 Å². The molecule has 0 radical (unpaired) electrons. The molecule has 2 rings (SSSR count). The Morgan fingerprint density at radius 2 is 2.26 bits per heavy atom. The van der Waals surface area contributed by atoms with Crippen molar-refractivity contribution in [2.45, 2.75) is 25.7 Å². The molecule has 1 atom stereocenters. The largest absolute Gasteiger partial charge is 0.396 e. The quantitative estimate of drug-likeness (QED) is 0.907. The zero-order valence-corrected chi connectivity index (χ0v) is 11.4. The molecule has 1 amide bonds. The van der Waals surface area contributed by atoms with Crippen molar-refractivity contribution < 1.29 is 14.3 Å². The standard InChI is InChI=1S/C15H20FNO2/c1-15(2,12-4-3-5-13(16)8-12)14(19)17-7-6-11(9-17)10-18/h3-5,8,11,18H,6-7,9-10H2,1-2H3. The Morgan fingerprint density at radius 1 is 1.53 bits per heavy atom. The van der Waals surface area contributed by atoms with Gasteiger partial charge >= 0.3 is 0 Å². The van der Waals surface area contributed by atoms with Gasteiger partial charge in [0, 0.05) is 25.6 Å². The molecule has 1 unspecified atom stereocenters. The summed E-state index contributed by atoms with van der Waals surface area (Å²) in [7, 11) is 0. The second-order valence-electron chi connectivity index (χ2n) is 5.72. The SMILES string of the molecule is CC(C)(C(=O)N1CCC(CO)C1)c1cccc(F)c1. The molecule has 1 N–H and O–H groups in total. The number of carbonyl (C=O) groups excluding carboxylic acids is 1. The molecular weight excluding hydrogens is 245 g/mol. The number of carbonyl (C=O) groups is 1. The van der Waals surface area contributed by atoms with Gasteiger partial charge in [-0.2, -0.15) is 0 Å². The van der Waals surface area contributed by atoms with E-state index in [0.29, 0.717) is 18.7 Å². The number of halogens is 1. The molecular formula is C15H20FNO2. The summed E-state index contributed by atoms with van der Waals surface area (Å²) in [5, 5.41) is 9.13. The molecule has 1 saturated heterocycles. The van der Waals surface area contributed by atoms with E-state index in [2.05, 4.69) is 0 Å². The summed E-state index contributed by atoms with van der Waals surface area (Å²) in [5.74, 6) is -0.158. The van der Waals surface area contributed by atoms with Gasteiger partial charge in [-0.1, -0.05) is 12.1 Å². The molecule has 1 aromatic carbocycles. The molecule has 1 aromatic rings. The fourth-order valence-corrected chi connectivity index (χ4v) is 2.56. The first kappa shape index (κ1) is 14.0. The maximum Gasteiger partial charge on any atom is 0.232 e. The zero-order chi connectivity index (χ0) is 14.0. The van der Waals surface area contributed by atoms with E-state index in [1.54, 1.807) is 17.0 Å². The molecule has 1 aliphatic heterocycles. The highest BCUT2D eigenvalue weighted by molar-refractivity contribution is 5.87. The minimum atomic E-state index is -0.744. The van der Waals surface area contributed by atoms with Crippen LogP contribution < -0.4 is 0 Å². The Balaban J connectivity index is 2.17. The Kier molecular flexibility index (Phi) is 3.90. The molecule has 0 aliphatic carbocycles. The number of amides is 1. The highest BCUT2D eigenvalue weighted by atomic mass is 19.1. The lowest BCUT2D eigenvalue weighted by molar-refractivity contribution is -0.135. The third-order valence-corrected chi connectivity index (χ3v) is 3.91. The zero-order valence-electron chi connectivity index (χ0n) is 11.4. The normalized spacial score (nSPS) is 19.8. The number of aliphatic hydroxyl groups excluding tert-OH is 1. The molecule has 4 heteroatoms. The highest BCUT2D eigenvalue weighted by Gasteiger charge is 2.37. The van der Waals surface area contributed by atoms with Crippen LogP contribution in [-0.4, -0.2) is 35.6 Å². The first-order chi connectivity index (χ1) is 8.95. The van der Waals surface area contributed by atoms with Gasteiger partial charge in [0.2, 0.25) is 5.91 Å². The van der Waals surface area contributed by atoms with Crippen molar-refractivity contribution in [1.29, 1.82) is 0 Å². The Bertz CT molecular complexity index is 473. The van der Waals surface area contributed by atoms with Crippen LogP contribution in [0.25, 0.3) is 0 Å². The number of aliphatic hydroxyl groups is 1. The fourth-order valence-electron chi connectivity index (χ4n) is 2.56. The lowest BCUT2D eigenvalue weighted by Gasteiger charge is -2.29. The van der Waals surface area contributed by atoms with Gasteiger partial charge in [0.05, 0.1) is 5.41 Å². The van der Waals surface area contributed by atoms with Crippen LogP contribution in [0, 0.1) is 11.7 Å². The summed E-state index contributed by atoms with van der Waals surface area (Å²) in [6, 6.07) is 6.19. The number of benzene rings is 1. The van der Waals surface area contributed by atoms with Crippen molar-refractivity contribution in [3.05, 3.63) is 35.6 Å². The number of nitrogens with zero attached hydrogens (tertiary/aromatic N) is 1. The topological polar surface area (TPSA) is 40.5 Å². The van der Waals surface area contributed by atoms with Gasteiger partial charge in [0.1, 0.15) is 5.82 Å². The molecule has 0 spiro atoms. The molecule has 1 aliphatic rings. The van der Waals surface area contributed by atoms with Crippen molar-refractivity contribution in [2.75, 3.05) is 19.7 Å². The predicted octanol–water partition coefficient (Wildman–Crippen LogP) is 1.94. The maximum atomic E-state index is 13.3. The lowest BCUT2D eigenvalue weighted by atomic mass is 9.83. The van der Waals surface area contributed by atoms with E-state index in [1.807, 2.05) is 13.8 Å². The number of likely N-dealkylation sites (tertiary alicyclic amines) is 1. The van der Waals surface area contributed by atoms with Crippen molar-refractivity contribution >= 4 is 5.91 Å². The summed E-state index contributed by atoms with van der Waals surface area (Å²) in [5.41, 5.74) is -0.0585. The number of hydrogen-bond acceptors (Lipinski definition) is 2. The van der Waals surface area contributed by atoms with E-state index in [4.69, 9.17) is 5.11 Å². The number of hydrogen-bond donors (Lipinski definition) is 1. The number of rotatable bonds is 3. The minimum Gasteiger partial charge on any atom is -0.396 e. The molecule has 1 fully saturated rings. The van der Waals surface area contributed by atoms with Gasteiger partial charge in [-0.25, -0.2) is 4.39 Å². The first-order valence-electron chi connectivity index (χ1n) is 6.61. The average molecular weight is 265 g/mol. The third-order valence-electron chi connectivity index (χ3n) is 3.91. The minimum absolute atomic E-state index is 0.00551. The van der Waals surface area contributed by atoms with Crippen molar-refractivity contribution in [3.63, 3.8) is 0 Å². The van der Waals surface area contributed by atoms with Crippen LogP contribution in [0.3, 0.4) is 0 Å². The average Bonchev–Trinajstić information content (AvgIpc) is 2.86. The fraction of sp³-hybridized carbons (Fsp3) is 0.533. The van der Waals surface area contributed by atoms with Crippen molar-refractivity contribution in [3.8, 4) is 0 Å². The Hall–Kier alpha value is -1.42. The van der Waals surface area contributed by atoms with Crippen LogP contribution >= 0.6 is 0 Å². The van der Waals surface area contributed by atoms with E-state index in [0.717, 1.165) is 6.42 Å². The summed E-state index contributed by atoms with van der Waals surface area (Å²) in [4.78, 5) is 14.3. The smallest absolute Gasteiger partial charge is 0.232 e. The molecule has 0 saturated carbocycles. The third kappa shape index (κ3) is 2.78. The summed E-state index contributed by atoms with van der Waals surface area (Å²) < 4.78 is 13.3. The molecule has 104 valence electrons. The van der Waals surface area contributed by atoms with Gasteiger partial charge < -0.3 is 10.0 Å². The van der Waals surface area contributed by atoms with E-state index in [9.17, 15) is 9.18 Å². The second kappa shape index (κ2) is 5.29. The van der Waals surface area contributed by atoms with Crippen LogP contribution in [0.2, 0.25) is 0 Å².